The molecule has 0 aromatic carbocycles. The first-order valence-electron chi connectivity index (χ1n) is 20.5. The first-order chi connectivity index (χ1) is 31.0. The summed E-state index contributed by atoms with van der Waals surface area (Å²) in [6, 6.07) is -7.08. The normalized spacial score (nSPS) is 12.8. The molecule has 0 saturated carbocycles. The van der Waals surface area contributed by atoms with Crippen LogP contribution in [0.4, 0.5) is 0 Å². The van der Waals surface area contributed by atoms with Crippen LogP contribution in [0.2, 0.25) is 0 Å². The molecular formula is C36H64N16O12S2. The molecule has 28 nitrogen and oxygen atoms in total. The summed E-state index contributed by atoms with van der Waals surface area (Å²) in [7, 11) is 1.13. The van der Waals surface area contributed by atoms with Gasteiger partial charge in [0.15, 0.2) is 17.9 Å². The van der Waals surface area contributed by atoms with Crippen LogP contribution in [-0.2, 0) is 47.9 Å². The molecule has 0 rings (SSSR count). The Balaban J connectivity index is 6.23. The number of thiol groups is 1. The minimum Gasteiger partial charge on any atom is -0.481 e. The van der Waals surface area contributed by atoms with Crippen LogP contribution in [0.5, 0.6) is 0 Å². The van der Waals surface area contributed by atoms with Crippen LogP contribution < -0.4 is 72.0 Å². The van der Waals surface area contributed by atoms with E-state index in [0.29, 0.717) is 5.75 Å². The molecule has 30 heteroatoms. The number of carboxylic acid groups (broad SMARTS) is 2. The predicted octanol–water partition coefficient (Wildman–Crippen LogP) is -5.78. The molecule has 5 unspecified atom stereocenters. The zero-order chi connectivity index (χ0) is 50.2. The number of amides is 7. The zero-order valence-corrected chi connectivity index (χ0v) is 38.0. The third-order valence-corrected chi connectivity index (χ3v) is 9.82. The average Bonchev–Trinajstić information content (AvgIpc) is 3.23. The molecule has 0 spiro atoms. The van der Waals surface area contributed by atoms with Gasteiger partial charge in [0.05, 0.1) is 6.54 Å². The van der Waals surface area contributed by atoms with Crippen LogP contribution in [0.3, 0.4) is 0 Å². The van der Waals surface area contributed by atoms with E-state index in [4.69, 9.17) is 40.1 Å². The van der Waals surface area contributed by atoms with Crippen molar-refractivity contribution in [2.45, 2.75) is 114 Å². The number of ketones is 1. The zero-order valence-electron chi connectivity index (χ0n) is 36.3. The number of aliphatic carboxylic acids is 2. The van der Waals surface area contributed by atoms with Gasteiger partial charge >= 0.3 is 11.9 Å². The highest BCUT2D eigenvalue weighted by molar-refractivity contribution is 8.68. The first-order valence-corrected chi connectivity index (χ1v) is 22.5. The lowest BCUT2D eigenvalue weighted by Gasteiger charge is -2.25. The Morgan fingerprint density at radius 2 is 0.848 bits per heavy atom. The number of nitrogens with one attached hydrogen (secondary N) is 6. The maximum absolute atomic E-state index is 13.8. The maximum Gasteiger partial charge on any atom is 0.303 e. The number of carbonyl (C=O) groups excluding carboxylic acids is 8. The van der Waals surface area contributed by atoms with E-state index in [1.807, 2.05) is 0 Å². The molecule has 0 saturated heterocycles. The third-order valence-electron chi connectivity index (χ3n) is 8.89. The molecule has 0 bridgehead atoms. The summed E-state index contributed by atoms with van der Waals surface area (Å²) >= 11 is 3.95. The Morgan fingerprint density at radius 1 is 0.470 bits per heavy atom. The van der Waals surface area contributed by atoms with Crippen molar-refractivity contribution >= 4 is 99.4 Å². The molecule has 7 amide bonds. The highest BCUT2D eigenvalue weighted by Gasteiger charge is 2.31. The second-order valence-corrected chi connectivity index (χ2v) is 15.8. The van der Waals surface area contributed by atoms with Crippen molar-refractivity contribution in [1.29, 1.82) is 0 Å². The first kappa shape index (κ1) is 59.4. The van der Waals surface area contributed by atoms with Gasteiger partial charge in [-0.2, -0.15) is 0 Å². The molecule has 0 heterocycles. The molecular weight excluding hydrogens is 913 g/mol. The monoisotopic (exact) mass is 976 g/mol. The quantitative estimate of drug-likeness (QED) is 0.00914. The van der Waals surface area contributed by atoms with Gasteiger partial charge < -0.3 is 82.2 Å². The lowest BCUT2D eigenvalue weighted by Crippen LogP contribution is -2.57. The molecule has 372 valence electrons. The molecule has 22 N–H and O–H groups in total. The van der Waals surface area contributed by atoms with E-state index < -0.39 is 116 Å². The van der Waals surface area contributed by atoms with Crippen molar-refractivity contribution in [3.05, 3.63) is 0 Å². The summed E-state index contributed by atoms with van der Waals surface area (Å²) in [5.41, 5.74) is 37.8. The number of hydrogen-bond donors (Lipinski definition) is 16. The highest BCUT2D eigenvalue weighted by Crippen LogP contribution is 2.10. The summed E-state index contributed by atoms with van der Waals surface area (Å²) in [6.07, 6.45) is -2.21. The van der Waals surface area contributed by atoms with E-state index >= 15 is 0 Å². The fourth-order valence-corrected chi connectivity index (χ4v) is 6.16. The summed E-state index contributed by atoms with van der Waals surface area (Å²) in [6.45, 7) is -0.662. The number of primary amides is 1. The topological polar surface area (TPSA) is 503 Å². The van der Waals surface area contributed by atoms with Gasteiger partial charge in [0.2, 0.25) is 41.4 Å². The van der Waals surface area contributed by atoms with Gasteiger partial charge in [0.25, 0.3) is 0 Å². The summed E-state index contributed by atoms with van der Waals surface area (Å²) in [5.74, 6) is -9.67. The van der Waals surface area contributed by atoms with Gasteiger partial charge in [-0.1, -0.05) is 10.8 Å². The van der Waals surface area contributed by atoms with E-state index in [1.165, 1.54) is 0 Å². The Labute approximate surface area is 389 Å². The van der Waals surface area contributed by atoms with Crippen molar-refractivity contribution in [2.75, 3.05) is 31.9 Å². The van der Waals surface area contributed by atoms with E-state index in [0.717, 1.165) is 10.8 Å². The number of hydrogen-bond acceptors (Lipinski definition) is 15. The minimum atomic E-state index is -1.63. The molecule has 66 heavy (non-hydrogen) atoms. The van der Waals surface area contributed by atoms with E-state index in [1.54, 1.807) is 0 Å². The van der Waals surface area contributed by atoms with Crippen LogP contribution in [0.25, 0.3) is 0 Å². The average molecular weight is 977 g/mol. The van der Waals surface area contributed by atoms with E-state index in [9.17, 15) is 58.2 Å². The second-order valence-electron chi connectivity index (χ2n) is 14.4. The number of nitrogens with two attached hydrogens (primary N) is 7. The van der Waals surface area contributed by atoms with Crippen LogP contribution in [0, 0.1) is 0 Å². The molecule has 5 atom stereocenters. The number of carbonyl (C=O) groups is 10. The van der Waals surface area contributed by atoms with Crippen molar-refractivity contribution in [3.8, 4) is 0 Å². The standard InChI is InChI=1S/C36H64N16O12S2/c37-29(60)20(4-1-14-44-34(38)39)50-32(63)22(6-3-16-46-36(42)43)51-31(62)21(5-2-15-45-35(40)41)49-26(55)18-47-30(61)23(8-11-27(56)57)52-33(64)24(9-12-28(58)59)48-25(54)10-7-19(53)13-17-66-65/h20-24,65H,1-18H2,(H2,37,60)(H,47,61)(H,48,54)(H,49,55)(H,50,63)(H,51,62)(H,52,64)(H,56,57)(H,58,59)(H4,38,39,44)(H4,40,41,45)(H4,42,43,46). The van der Waals surface area contributed by atoms with E-state index in [-0.39, 0.29) is 101 Å². The lowest BCUT2D eigenvalue weighted by atomic mass is 10.1. The molecule has 0 aromatic heterocycles. The molecule has 0 aliphatic rings. The Morgan fingerprint density at radius 3 is 1.26 bits per heavy atom. The van der Waals surface area contributed by atoms with Crippen molar-refractivity contribution in [2.24, 2.45) is 55.1 Å². The van der Waals surface area contributed by atoms with Crippen LogP contribution in [0.1, 0.15) is 83.5 Å². The Bertz CT molecular complexity index is 1760. The molecule has 0 aliphatic carbocycles. The molecule has 0 radical (unpaired) electrons. The maximum atomic E-state index is 13.8. The van der Waals surface area contributed by atoms with Gasteiger partial charge in [-0.3, -0.25) is 62.9 Å². The molecule has 0 aromatic rings. The number of rotatable bonds is 36. The SMILES string of the molecule is NC(=O)C(CCCN=C(N)N)NC(=O)C(CCCN=C(N)N)NC(=O)C(CCCN=C(N)N)NC(=O)CNC(=O)C(CCC(=O)O)NC(=O)C(CCC(=O)O)NC(=O)CCC(=O)CCSS. The molecule has 0 fully saturated rings. The number of Topliss-reactive ketones (excluding diaryl/α,β-unsaturated/α-hetero) is 1. The third kappa shape index (κ3) is 29.7. The number of aliphatic imine (C=N–C) groups is 3. The van der Waals surface area contributed by atoms with Gasteiger partial charge in [-0.25, -0.2) is 0 Å². The van der Waals surface area contributed by atoms with Gasteiger partial charge in [0, 0.05) is 57.5 Å². The highest BCUT2D eigenvalue weighted by atomic mass is 33.1. The van der Waals surface area contributed by atoms with Crippen LogP contribution in [0.15, 0.2) is 15.0 Å². The summed E-state index contributed by atoms with van der Waals surface area (Å²) < 4.78 is 0. The largest absolute Gasteiger partial charge is 0.481 e. The number of nitrogens with zero attached hydrogens (tertiary/aromatic N) is 3. The minimum absolute atomic E-state index is 0.00787. The number of guanidine groups is 3. The van der Waals surface area contributed by atoms with Gasteiger partial charge in [-0.15, -0.1) is 11.7 Å². The Hall–Kier alpha value is -6.59. The van der Waals surface area contributed by atoms with Crippen LogP contribution in [-0.4, -0.2) is 149 Å². The lowest BCUT2D eigenvalue weighted by molar-refractivity contribution is -0.139. The molecule has 0 aliphatic heterocycles. The smallest absolute Gasteiger partial charge is 0.303 e. The second kappa shape index (κ2) is 33.9. The fraction of sp³-hybridized carbons (Fsp3) is 0.639. The van der Waals surface area contributed by atoms with Gasteiger partial charge in [-0.05, 0) is 51.4 Å². The Kier molecular flexibility index (Phi) is 30.5. The van der Waals surface area contributed by atoms with Crippen LogP contribution >= 0.6 is 22.5 Å². The van der Waals surface area contributed by atoms with E-state index in [2.05, 4.69) is 58.5 Å². The van der Waals surface area contributed by atoms with Crippen molar-refractivity contribution in [3.63, 3.8) is 0 Å². The summed E-state index contributed by atoms with van der Waals surface area (Å²) in [4.78, 5) is 138. The fourth-order valence-electron chi connectivity index (χ4n) is 5.56. The predicted molar refractivity (Wildman–Crippen MR) is 246 cm³/mol. The van der Waals surface area contributed by atoms with Gasteiger partial charge in [0.1, 0.15) is 36.0 Å². The van der Waals surface area contributed by atoms with Crippen molar-refractivity contribution in [1.82, 2.24) is 31.9 Å². The summed E-state index contributed by atoms with van der Waals surface area (Å²) in [5, 5.41) is 32.8. The van der Waals surface area contributed by atoms with Crippen molar-refractivity contribution < 1.29 is 58.2 Å². The number of carboxylic acids is 2.